The van der Waals surface area contributed by atoms with E-state index in [9.17, 15) is 14.2 Å². The molecule has 0 radical (unpaired) electrons. The molecule has 0 bridgehead atoms. The van der Waals surface area contributed by atoms with Gasteiger partial charge in [-0.3, -0.25) is 0 Å². The molecule has 0 aliphatic carbocycles. The molecule has 0 aromatic carbocycles. The Morgan fingerprint density at radius 2 is 1.33 bits per heavy atom. The van der Waals surface area contributed by atoms with Gasteiger partial charge in [-0.2, -0.15) is 0 Å². The summed E-state index contributed by atoms with van der Waals surface area (Å²) in [5, 5.41) is 0. The molecule has 0 amide bonds. The van der Waals surface area contributed by atoms with E-state index in [1.165, 1.54) is 21.1 Å². The molecule has 0 saturated carbocycles. The Balaban J connectivity index is 4.00. The van der Waals surface area contributed by atoms with Crippen LogP contribution in [0.25, 0.3) is 0 Å². The molecule has 1 aromatic rings. The van der Waals surface area contributed by atoms with Crippen LogP contribution in [-0.2, 0) is 25.7 Å². The minimum atomic E-state index is -2.04. The summed E-state index contributed by atoms with van der Waals surface area (Å²) in [5.41, 5.74) is -1.08. The van der Waals surface area contributed by atoms with Crippen LogP contribution in [0, 0.1) is 0 Å². The minimum Gasteiger partial charge on any atom is -0.244 e. The maximum absolute atomic E-state index is 11.2. The first-order valence-electron chi connectivity index (χ1n) is 3.23. The van der Waals surface area contributed by atoms with Crippen molar-refractivity contribution in [2.24, 2.45) is 21.1 Å². The van der Waals surface area contributed by atoms with Gasteiger partial charge in [-0.05, 0) is 4.57 Å². The zero-order chi connectivity index (χ0) is 9.46. The highest BCUT2D eigenvalue weighted by atomic mass is 31.1. The summed E-state index contributed by atoms with van der Waals surface area (Å²) in [5.74, 6) is 0. The van der Waals surface area contributed by atoms with Crippen LogP contribution in [0.4, 0.5) is 0 Å². The smallest absolute Gasteiger partial charge is 0.244 e. The van der Waals surface area contributed by atoms with Gasteiger partial charge in [0.1, 0.15) is 0 Å². The molecule has 0 aliphatic rings. The Kier molecular flexibility index (Phi) is 2.02. The normalized spacial score (nSPS) is 10.2. The Morgan fingerprint density at radius 3 is 1.67 bits per heavy atom. The fourth-order valence-electron chi connectivity index (χ4n) is 0.864. The molecule has 0 atom stereocenters. The predicted molar refractivity (Wildman–Crippen MR) is 43.5 cm³/mol. The van der Waals surface area contributed by atoms with Crippen LogP contribution in [0.1, 0.15) is 0 Å². The van der Waals surface area contributed by atoms with E-state index in [2.05, 4.69) is 0 Å². The first-order chi connectivity index (χ1) is 5.46. The lowest BCUT2D eigenvalue weighted by atomic mass is 11.0. The monoisotopic (exact) mass is 190 g/mol. The topological polar surface area (TPSA) is 66.0 Å². The van der Waals surface area contributed by atoms with Gasteiger partial charge in [0.2, 0.25) is 0 Å². The zero-order valence-corrected chi connectivity index (χ0v) is 7.91. The van der Waals surface area contributed by atoms with Gasteiger partial charge in [-0.15, -0.1) is 0 Å². The lowest BCUT2D eigenvalue weighted by molar-refractivity contribution is 0.558. The fraction of sp³-hybridized carbons (Fsp3) is 0.600. The number of rotatable bonds is 0. The first-order valence-corrected chi connectivity index (χ1v) is 4.39. The Hall–Kier alpha value is -1.16. The van der Waals surface area contributed by atoms with Crippen molar-refractivity contribution in [3.05, 3.63) is 21.0 Å². The third-order valence-electron chi connectivity index (χ3n) is 1.64. The summed E-state index contributed by atoms with van der Waals surface area (Å²) < 4.78 is 14.2. The summed E-state index contributed by atoms with van der Waals surface area (Å²) in [6.45, 7) is 0. The van der Waals surface area contributed by atoms with E-state index in [0.29, 0.717) is 0 Å². The SMILES string of the molecule is Cn1c(=O)n(C)[p+](=O)n(C)c1=O. The second kappa shape index (κ2) is 2.71. The van der Waals surface area contributed by atoms with E-state index in [1.54, 1.807) is 0 Å². The highest BCUT2D eigenvalue weighted by molar-refractivity contribution is 7.28. The summed E-state index contributed by atoms with van der Waals surface area (Å²) in [6.07, 6.45) is 0. The van der Waals surface area contributed by atoms with Crippen LogP contribution in [0.3, 0.4) is 0 Å². The number of aromatic nitrogens is 3. The van der Waals surface area contributed by atoms with Gasteiger partial charge in [0.05, 0.1) is 14.1 Å². The molecule has 1 heterocycles. The lowest BCUT2D eigenvalue weighted by Gasteiger charge is -1.93. The molecule has 0 aliphatic heterocycles. The summed E-state index contributed by atoms with van der Waals surface area (Å²) >= 11 is 0. The lowest BCUT2D eigenvalue weighted by Crippen LogP contribution is -2.39. The molecule has 0 N–H and O–H groups in total. The molecule has 0 saturated heterocycles. The molecule has 0 fully saturated rings. The predicted octanol–water partition coefficient (Wildman–Crippen LogP) is -0.835. The molecular formula is C5H9N3O3P+. The van der Waals surface area contributed by atoms with Gasteiger partial charge in [-0.1, -0.05) is 8.66 Å². The molecule has 7 heteroatoms. The standard InChI is InChI=1S/C5H9N3O3P/c1-6-4(9)7(2)12(11)8(3)5(6)10/h1-3H3/q+1. The third-order valence-corrected chi connectivity index (χ3v) is 3.01. The highest BCUT2D eigenvalue weighted by Crippen LogP contribution is 2.00. The van der Waals surface area contributed by atoms with Crippen LogP contribution in [-0.4, -0.2) is 13.2 Å². The molecule has 12 heavy (non-hydrogen) atoms. The fourth-order valence-corrected chi connectivity index (χ4v) is 1.83. The van der Waals surface area contributed by atoms with Crippen molar-refractivity contribution in [3.8, 4) is 0 Å². The van der Waals surface area contributed by atoms with Crippen LogP contribution in [0.2, 0.25) is 0 Å². The van der Waals surface area contributed by atoms with E-state index >= 15 is 0 Å². The molecule has 0 spiro atoms. The Morgan fingerprint density at radius 1 is 1.00 bits per heavy atom. The van der Waals surface area contributed by atoms with E-state index in [4.69, 9.17) is 0 Å². The van der Waals surface area contributed by atoms with Crippen LogP contribution in [0.5, 0.6) is 0 Å². The van der Waals surface area contributed by atoms with Crippen LogP contribution < -0.4 is 11.4 Å². The van der Waals surface area contributed by atoms with Gasteiger partial charge in [0.15, 0.2) is 0 Å². The molecule has 0 unspecified atom stereocenters. The van der Waals surface area contributed by atoms with Gasteiger partial charge in [0.25, 0.3) is 0 Å². The average Bonchev–Trinajstić information content (AvgIpc) is 2.08. The molecular weight excluding hydrogens is 181 g/mol. The maximum atomic E-state index is 11.2. The average molecular weight is 190 g/mol. The summed E-state index contributed by atoms with van der Waals surface area (Å²) in [7, 11) is 2.08. The zero-order valence-electron chi connectivity index (χ0n) is 7.01. The van der Waals surface area contributed by atoms with Crippen molar-refractivity contribution >= 4 is 7.73 Å². The number of nitrogens with zero attached hydrogens (tertiary/aromatic N) is 3. The van der Waals surface area contributed by atoms with Gasteiger partial charge < -0.3 is 0 Å². The second-order valence-electron chi connectivity index (χ2n) is 2.42. The number of hydrogen-bond donors (Lipinski definition) is 0. The Bertz CT molecular complexity index is 378. The quantitative estimate of drug-likeness (QED) is 0.536. The van der Waals surface area contributed by atoms with E-state index in [0.717, 1.165) is 13.2 Å². The van der Waals surface area contributed by atoms with Crippen LogP contribution in [0.15, 0.2) is 9.59 Å². The van der Waals surface area contributed by atoms with Crippen molar-refractivity contribution in [2.75, 3.05) is 0 Å². The molecule has 66 valence electrons. The van der Waals surface area contributed by atoms with Crippen molar-refractivity contribution in [2.45, 2.75) is 0 Å². The largest absolute Gasteiger partial charge is 0.603 e. The van der Waals surface area contributed by atoms with Crippen molar-refractivity contribution in [3.63, 3.8) is 0 Å². The van der Waals surface area contributed by atoms with E-state index in [1.807, 2.05) is 0 Å². The number of hydrogen-bond acceptors (Lipinski definition) is 3. The first kappa shape index (κ1) is 8.93. The van der Waals surface area contributed by atoms with Crippen molar-refractivity contribution in [1.82, 2.24) is 13.2 Å². The van der Waals surface area contributed by atoms with E-state index < -0.39 is 19.1 Å². The highest BCUT2D eigenvalue weighted by Gasteiger charge is 2.16. The van der Waals surface area contributed by atoms with Gasteiger partial charge in [0, 0.05) is 7.05 Å². The summed E-state index contributed by atoms with van der Waals surface area (Å²) in [6, 6.07) is 0. The third kappa shape index (κ3) is 1.04. The molecule has 1 aromatic heterocycles. The minimum absolute atomic E-state index is 0.542. The second-order valence-corrected chi connectivity index (χ2v) is 4.13. The molecule has 6 nitrogen and oxygen atoms in total. The molecule has 1 rings (SSSR count). The van der Waals surface area contributed by atoms with Crippen LogP contribution >= 0.6 is 7.73 Å². The maximum Gasteiger partial charge on any atom is 0.603 e. The van der Waals surface area contributed by atoms with E-state index in [-0.39, 0.29) is 0 Å². The summed E-state index contributed by atoms with van der Waals surface area (Å²) in [4.78, 5) is 22.2. The van der Waals surface area contributed by atoms with Gasteiger partial charge in [-0.25, -0.2) is 14.2 Å². The van der Waals surface area contributed by atoms with Gasteiger partial charge >= 0.3 is 19.1 Å². The van der Waals surface area contributed by atoms with Crippen molar-refractivity contribution in [1.29, 1.82) is 0 Å². The Labute approximate surface area is 68.5 Å². The van der Waals surface area contributed by atoms with Crippen molar-refractivity contribution < 1.29 is 4.57 Å².